The van der Waals surface area contributed by atoms with Gasteiger partial charge in [-0.05, 0) is 23.6 Å². The molecule has 0 bridgehead atoms. The van der Waals surface area contributed by atoms with E-state index >= 15 is 0 Å². The fourth-order valence-electron chi connectivity index (χ4n) is 4.61. The highest BCUT2D eigenvalue weighted by molar-refractivity contribution is 5.55. The zero-order chi connectivity index (χ0) is 29.0. The molecule has 0 saturated carbocycles. The standard InChI is InChI=1S/C36H36N2O4/c1-27-17-19-31(20-18-27)36-37-21-32(22-38-36)34(41-24-29-13-7-3-8-14-29)35(42-25-30-15-9-4-10-16-30)33(39)26-40-23-28-11-5-2-6-12-28/h2-22,33-35,39H,23-26H2,1H3/t33-,34-,35+/m1/s1. The molecule has 1 heterocycles. The van der Waals surface area contributed by atoms with Crippen LogP contribution in [0.3, 0.4) is 0 Å². The highest BCUT2D eigenvalue weighted by Crippen LogP contribution is 2.29. The van der Waals surface area contributed by atoms with Gasteiger partial charge < -0.3 is 19.3 Å². The predicted molar refractivity (Wildman–Crippen MR) is 163 cm³/mol. The van der Waals surface area contributed by atoms with E-state index in [1.807, 2.05) is 122 Å². The first-order valence-electron chi connectivity index (χ1n) is 14.2. The highest BCUT2D eigenvalue weighted by atomic mass is 16.6. The third kappa shape index (κ3) is 8.41. The van der Waals surface area contributed by atoms with Crippen molar-refractivity contribution in [1.29, 1.82) is 0 Å². The molecule has 0 aliphatic rings. The third-order valence-corrected chi connectivity index (χ3v) is 6.95. The molecule has 214 valence electrons. The number of aliphatic hydroxyl groups excluding tert-OH is 1. The second kappa shape index (κ2) is 15.1. The Hall–Kier alpha value is -4.20. The lowest BCUT2D eigenvalue weighted by atomic mass is 10.0. The summed E-state index contributed by atoms with van der Waals surface area (Å²) in [5.41, 5.74) is 5.85. The predicted octanol–water partition coefficient (Wildman–Crippen LogP) is 6.87. The van der Waals surface area contributed by atoms with E-state index in [0.717, 1.165) is 22.3 Å². The average Bonchev–Trinajstić information content (AvgIpc) is 3.04. The topological polar surface area (TPSA) is 73.7 Å². The fraction of sp³-hybridized carbons (Fsp3) is 0.222. The van der Waals surface area contributed by atoms with Gasteiger partial charge in [-0.3, -0.25) is 0 Å². The van der Waals surface area contributed by atoms with Crippen molar-refractivity contribution in [2.24, 2.45) is 0 Å². The van der Waals surface area contributed by atoms with Crippen LogP contribution in [0.5, 0.6) is 0 Å². The Balaban J connectivity index is 1.40. The fourth-order valence-corrected chi connectivity index (χ4v) is 4.61. The van der Waals surface area contributed by atoms with Gasteiger partial charge in [0, 0.05) is 23.5 Å². The molecular weight excluding hydrogens is 524 g/mol. The molecule has 0 amide bonds. The molecule has 1 aromatic heterocycles. The number of ether oxygens (including phenoxy) is 3. The summed E-state index contributed by atoms with van der Waals surface area (Å²) in [5.74, 6) is 0.619. The van der Waals surface area contributed by atoms with Gasteiger partial charge in [0.15, 0.2) is 5.82 Å². The first-order valence-corrected chi connectivity index (χ1v) is 14.2. The van der Waals surface area contributed by atoms with Gasteiger partial charge in [-0.1, -0.05) is 121 Å². The van der Waals surface area contributed by atoms with Crippen LogP contribution in [0.25, 0.3) is 11.4 Å². The molecule has 4 aromatic carbocycles. The van der Waals surface area contributed by atoms with Crippen molar-refractivity contribution in [3.05, 3.63) is 155 Å². The number of hydrogen-bond donors (Lipinski definition) is 1. The minimum atomic E-state index is -0.977. The molecule has 5 aromatic rings. The van der Waals surface area contributed by atoms with Crippen LogP contribution in [0, 0.1) is 6.92 Å². The second-order valence-corrected chi connectivity index (χ2v) is 10.3. The SMILES string of the molecule is Cc1ccc(-c2ncc([C@@H](OCc3ccccc3)[C@@H](OCc3ccccc3)[C@H](O)COCc3ccccc3)cn2)cc1. The van der Waals surface area contributed by atoms with Crippen LogP contribution in [0.4, 0.5) is 0 Å². The van der Waals surface area contributed by atoms with Crippen LogP contribution in [0.1, 0.15) is 33.9 Å². The lowest BCUT2D eigenvalue weighted by Crippen LogP contribution is -2.39. The minimum Gasteiger partial charge on any atom is -0.388 e. The molecule has 0 fully saturated rings. The first-order chi connectivity index (χ1) is 20.7. The Morgan fingerprint density at radius 3 is 1.67 bits per heavy atom. The normalized spacial score (nSPS) is 13.4. The molecule has 3 atom stereocenters. The van der Waals surface area contributed by atoms with Crippen molar-refractivity contribution in [3.63, 3.8) is 0 Å². The summed E-state index contributed by atoms with van der Waals surface area (Å²) in [7, 11) is 0. The smallest absolute Gasteiger partial charge is 0.159 e. The molecule has 6 heteroatoms. The summed E-state index contributed by atoms with van der Waals surface area (Å²) < 4.78 is 18.8. The molecule has 1 N–H and O–H groups in total. The van der Waals surface area contributed by atoms with Crippen molar-refractivity contribution in [3.8, 4) is 11.4 Å². The first kappa shape index (κ1) is 29.3. The van der Waals surface area contributed by atoms with Crippen LogP contribution in [0.2, 0.25) is 0 Å². The van der Waals surface area contributed by atoms with Gasteiger partial charge in [0.1, 0.15) is 18.3 Å². The van der Waals surface area contributed by atoms with Crippen molar-refractivity contribution < 1.29 is 19.3 Å². The highest BCUT2D eigenvalue weighted by Gasteiger charge is 2.33. The summed E-state index contributed by atoms with van der Waals surface area (Å²) in [4.78, 5) is 9.31. The molecule has 0 radical (unpaired) electrons. The Bertz CT molecular complexity index is 1460. The summed E-state index contributed by atoms with van der Waals surface area (Å²) >= 11 is 0. The molecule has 0 aliphatic carbocycles. The van der Waals surface area contributed by atoms with Crippen LogP contribution in [-0.4, -0.2) is 33.9 Å². The molecule has 0 spiro atoms. The van der Waals surface area contributed by atoms with E-state index in [9.17, 15) is 5.11 Å². The van der Waals surface area contributed by atoms with Gasteiger partial charge in [-0.25, -0.2) is 9.97 Å². The van der Waals surface area contributed by atoms with E-state index in [2.05, 4.69) is 9.97 Å². The minimum absolute atomic E-state index is 0.0713. The van der Waals surface area contributed by atoms with Crippen LogP contribution >= 0.6 is 0 Å². The Morgan fingerprint density at radius 2 is 1.12 bits per heavy atom. The van der Waals surface area contributed by atoms with Gasteiger partial charge in [0.25, 0.3) is 0 Å². The zero-order valence-corrected chi connectivity index (χ0v) is 23.8. The van der Waals surface area contributed by atoms with Gasteiger partial charge in [0.05, 0.1) is 26.4 Å². The summed E-state index contributed by atoms with van der Waals surface area (Å²) in [6, 6.07) is 37.8. The van der Waals surface area contributed by atoms with Crippen molar-refractivity contribution >= 4 is 0 Å². The molecule has 0 saturated heterocycles. The number of aryl methyl sites for hydroxylation is 1. The lowest BCUT2D eigenvalue weighted by molar-refractivity contribution is -0.150. The molecular formula is C36H36N2O4. The summed E-state index contributed by atoms with van der Waals surface area (Å²) in [6.45, 7) is 3.13. The van der Waals surface area contributed by atoms with E-state index in [1.165, 1.54) is 5.56 Å². The number of aliphatic hydroxyl groups is 1. The van der Waals surface area contributed by atoms with E-state index in [4.69, 9.17) is 14.2 Å². The van der Waals surface area contributed by atoms with Crippen molar-refractivity contribution in [2.45, 2.75) is 45.1 Å². The largest absolute Gasteiger partial charge is 0.388 e. The van der Waals surface area contributed by atoms with Crippen molar-refractivity contribution in [1.82, 2.24) is 9.97 Å². The van der Waals surface area contributed by atoms with Crippen molar-refractivity contribution in [2.75, 3.05) is 6.61 Å². The third-order valence-electron chi connectivity index (χ3n) is 6.95. The van der Waals surface area contributed by atoms with Crippen LogP contribution in [-0.2, 0) is 34.0 Å². The Kier molecular flexibility index (Phi) is 10.6. The van der Waals surface area contributed by atoms with Gasteiger partial charge in [-0.2, -0.15) is 0 Å². The van der Waals surface area contributed by atoms with Gasteiger partial charge >= 0.3 is 0 Å². The molecule has 0 unspecified atom stereocenters. The number of hydrogen-bond acceptors (Lipinski definition) is 6. The maximum Gasteiger partial charge on any atom is 0.159 e. The van der Waals surface area contributed by atoms with E-state index in [1.54, 1.807) is 12.4 Å². The number of benzene rings is 4. The molecule has 0 aliphatic heterocycles. The maximum absolute atomic E-state index is 11.5. The lowest BCUT2D eigenvalue weighted by Gasteiger charge is -2.31. The quantitative estimate of drug-likeness (QED) is 0.160. The second-order valence-electron chi connectivity index (χ2n) is 10.3. The molecule has 6 nitrogen and oxygen atoms in total. The summed E-state index contributed by atoms with van der Waals surface area (Å²) in [5, 5.41) is 11.5. The van der Waals surface area contributed by atoms with Crippen LogP contribution in [0.15, 0.2) is 128 Å². The van der Waals surface area contributed by atoms with E-state index in [-0.39, 0.29) is 6.61 Å². The number of aromatic nitrogens is 2. The van der Waals surface area contributed by atoms with Crippen LogP contribution < -0.4 is 0 Å². The number of rotatable bonds is 14. The van der Waals surface area contributed by atoms with E-state index in [0.29, 0.717) is 31.2 Å². The Morgan fingerprint density at radius 1 is 0.619 bits per heavy atom. The summed E-state index contributed by atoms with van der Waals surface area (Å²) in [6.07, 6.45) is 1.13. The van der Waals surface area contributed by atoms with Gasteiger partial charge in [0.2, 0.25) is 0 Å². The average molecular weight is 561 g/mol. The zero-order valence-electron chi connectivity index (χ0n) is 23.8. The molecule has 42 heavy (non-hydrogen) atoms. The van der Waals surface area contributed by atoms with Gasteiger partial charge in [-0.15, -0.1) is 0 Å². The molecule has 5 rings (SSSR count). The Labute approximate surface area is 247 Å². The number of nitrogens with zero attached hydrogens (tertiary/aromatic N) is 2. The maximum atomic E-state index is 11.5. The monoisotopic (exact) mass is 560 g/mol. The van der Waals surface area contributed by atoms with E-state index < -0.39 is 18.3 Å².